The molecular weight excluding hydrogens is 152 g/mol. The fourth-order valence-corrected chi connectivity index (χ4v) is 1.74. The van der Waals surface area contributed by atoms with E-state index in [9.17, 15) is 5.11 Å². The van der Waals surface area contributed by atoms with E-state index < -0.39 is 0 Å². The van der Waals surface area contributed by atoms with Crippen molar-refractivity contribution in [1.29, 1.82) is 5.26 Å². The van der Waals surface area contributed by atoms with Gasteiger partial charge in [0.1, 0.15) is 0 Å². The van der Waals surface area contributed by atoms with Gasteiger partial charge in [0.05, 0.1) is 18.6 Å². The number of nitrogens with zero attached hydrogens (tertiary/aromatic N) is 2. The number of aliphatic hydroxyl groups is 1. The molecule has 1 rings (SSSR count). The summed E-state index contributed by atoms with van der Waals surface area (Å²) < 4.78 is 0. The molecule has 0 aliphatic carbocycles. The molecule has 0 bridgehead atoms. The average molecular weight is 168 g/mol. The van der Waals surface area contributed by atoms with Crippen molar-refractivity contribution < 1.29 is 5.11 Å². The first-order valence-corrected chi connectivity index (χ1v) is 4.57. The van der Waals surface area contributed by atoms with Crippen LogP contribution in [0.1, 0.15) is 26.2 Å². The number of hydrogen-bond donors (Lipinski definition) is 1. The van der Waals surface area contributed by atoms with Crippen molar-refractivity contribution in [1.82, 2.24) is 4.90 Å². The van der Waals surface area contributed by atoms with Crippen molar-refractivity contribution in [2.24, 2.45) is 0 Å². The molecule has 1 aliphatic heterocycles. The normalized spacial score (nSPS) is 26.9. The molecule has 2 atom stereocenters. The van der Waals surface area contributed by atoms with Crippen molar-refractivity contribution in [3.63, 3.8) is 0 Å². The summed E-state index contributed by atoms with van der Waals surface area (Å²) in [5.74, 6) is 0. The van der Waals surface area contributed by atoms with Crippen LogP contribution in [0.4, 0.5) is 0 Å². The van der Waals surface area contributed by atoms with E-state index in [0.29, 0.717) is 12.5 Å². The molecule has 12 heavy (non-hydrogen) atoms. The van der Waals surface area contributed by atoms with Crippen LogP contribution in [0.5, 0.6) is 0 Å². The van der Waals surface area contributed by atoms with Gasteiger partial charge in [-0.1, -0.05) is 6.92 Å². The third kappa shape index (κ3) is 2.20. The van der Waals surface area contributed by atoms with Gasteiger partial charge in [-0.25, -0.2) is 0 Å². The lowest BCUT2D eigenvalue weighted by atomic mass is 10.1. The Labute approximate surface area is 73.6 Å². The van der Waals surface area contributed by atoms with E-state index in [2.05, 4.69) is 17.9 Å². The molecule has 1 fully saturated rings. The first-order chi connectivity index (χ1) is 5.77. The van der Waals surface area contributed by atoms with Gasteiger partial charge in [0, 0.05) is 19.1 Å². The van der Waals surface area contributed by atoms with E-state index in [1.165, 1.54) is 0 Å². The molecule has 0 radical (unpaired) electrons. The maximum atomic E-state index is 9.29. The largest absolute Gasteiger partial charge is 0.392 e. The number of β-amino-alcohol motifs (C(OH)–C–C–N with tert-alkyl or cyclic N) is 1. The van der Waals surface area contributed by atoms with Crippen molar-refractivity contribution in [2.45, 2.75) is 38.3 Å². The zero-order valence-electron chi connectivity index (χ0n) is 7.53. The molecule has 0 spiro atoms. The summed E-state index contributed by atoms with van der Waals surface area (Å²) in [4.78, 5) is 2.22. The minimum atomic E-state index is -0.169. The number of rotatable bonds is 3. The van der Waals surface area contributed by atoms with Gasteiger partial charge in [-0.3, -0.25) is 4.90 Å². The van der Waals surface area contributed by atoms with Gasteiger partial charge < -0.3 is 5.11 Å². The predicted molar refractivity (Wildman–Crippen MR) is 46.5 cm³/mol. The molecule has 1 aliphatic rings. The standard InChI is InChI=1S/C9H16N2O/c1-2-8(3-5-10)11-6-4-9(12)7-11/h8-9,12H,2-4,6-7H2,1H3. The van der Waals surface area contributed by atoms with Crippen molar-refractivity contribution in [3.8, 4) is 6.07 Å². The second-order valence-electron chi connectivity index (χ2n) is 3.36. The van der Waals surface area contributed by atoms with E-state index in [0.717, 1.165) is 25.9 Å². The topological polar surface area (TPSA) is 47.3 Å². The van der Waals surface area contributed by atoms with Crippen LogP contribution in [0, 0.1) is 11.3 Å². The first kappa shape index (κ1) is 9.50. The van der Waals surface area contributed by atoms with Crippen molar-refractivity contribution in [3.05, 3.63) is 0 Å². The Morgan fingerprint density at radius 1 is 1.75 bits per heavy atom. The lowest BCUT2D eigenvalue weighted by Crippen LogP contribution is -2.33. The summed E-state index contributed by atoms with van der Waals surface area (Å²) in [7, 11) is 0. The van der Waals surface area contributed by atoms with Gasteiger partial charge in [0.25, 0.3) is 0 Å². The molecule has 2 unspecified atom stereocenters. The second kappa shape index (κ2) is 4.44. The molecule has 0 amide bonds. The lowest BCUT2D eigenvalue weighted by molar-refractivity contribution is 0.158. The van der Waals surface area contributed by atoms with Gasteiger partial charge in [-0.05, 0) is 12.8 Å². The van der Waals surface area contributed by atoms with E-state index in [-0.39, 0.29) is 6.10 Å². The predicted octanol–water partition coefficient (Wildman–Crippen LogP) is 0.745. The minimum absolute atomic E-state index is 0.169. The smallest absolute Gasteiger partial charge is 0.0679 e. The fourth-order valence-electron chi connectivity index (χ4n) is 1.74. The average Bonchev–Trinajstić information content (AvgIpc) is 2.47. The van der Waals surface area contributed by atoms with Crippen LogP contribution in [-0.4, -0.2) is 35.2 Å². The Balaban J connectivity index is 2.39. The quantitative estimate of drug-likeness (QED) is 0.676. The Morgan fingerprint density at radius 2 is 2.50 bits per heavy atom. The Morgan fingerprint density at radius 3 is 2.92 bits per heavy atom. The highest BCUT2D eigenvalue weighted by molar-refractivity contribution is 4.86. The number of nitriles is 1. The van der Waals surface area contributed by atoms with Crippen LogP contribution in [0.25, 0.3) is 0 Å². The highest BCUT2D eigenvalue weighted by Gasteiger charge is 2.25. The molecule has 3 heteroatoms. The lowest BCUT2D eigenvalue weighted by Gasteiger charge is -2.23. The van der Waals surface area contributed by atoms with E-state index >= 15 is 0 Å². The fraction of sp³-hybridized carbons (Fsp3) is 0.889. The third-order valence-corrected chi connectivity index (χ3v) is 2.51. The highest BCUT2D eigenvalue weighted by atomic mass is 16.3. The molecule has 3 nitrogen and oxygen atoms in total. The summed E-state index contributed by atoms with van der Waals surface area (Å²) >= 11 is 0. The SMILES string of the molecule is CCC(CC#N)N1CCC(O)C1. The van der Waals surface area contributed by atoms with Crippen LogP contribution in [0.3, 0.4) is 0 Å². The minimum Gasteiger partial charge on any atom is -0.392 e. The number of aliphatic hydroxyl groups excluding tert-OH is 1. The maximum Gasteiger partial charge on any atom is 0.0679 e. The molecule has 0 saturated carbocycles. The summed E-state index contributed by atoms with van der Waals surface area (Å²) in [6.45, 7) is 3.79. The van der Waals surface area contributed by atoms with Gasteiger partial charge in [0.15, 0.2) is 0 Å². The molecule has 1 saturated heterocycles. The van der Waals surface area contributed by atoms with Gasteiger partial charge in [0.2, 0.25) is 0 Å². The summed E-state index contributed by atoms with van der Waals surface area (Å²) in [5, 5.41) is 17.8. The van der Waals surface area contributed by atoms with Crippen molar-refractivity contribution >= 4 is 0 Å². The van der Waals surface area contributed by atoms with Gasteiger partial charge >= 0.3 is 0 Å². The Kier molecular flexibility index (Phi) is 3.51. The van der Waals surface area contributed by atoms with Gasteiger partial charge in [-0.15, -0.1) is 0 Å². The monoisotopic (exact) mass is 168 g/mol. The molecule has 1 heterocycles. The Hall–Kier alpha value is -0.590. The third-order valence-electron chi connectivity index (χ3n) is 2.51. The molecule has 0 aromatic carbocycles. The summed E-state index contributed by atoms with van der Waals surface area (Å²) in [5.41, 5.74) is 0. The summed E-state index contributed by atoms with van der Waals surface area (Å²) in [6.07, 6.45) is 2.28. The van der Waals surface area contributed by atoms with Crippen molar-refractivity contribution in [2.75, 3.05) is 13.1 Å². The van der Waals surface area contributed by atoms with Crippen LogP contribution >= 0.6 is 0 Å². The maximum absolute atomic E-state index is 9.29. The van der Waals surface area contributed by atoms with E-state index in [1.54, 1.807) is 0 Å². The Bertz CT molecular complexity index is 176. The van der Waals surface area contributed by atoms with Gasteiger partial charge in [-0.2, -0.15) is 5.26 Å². The van der Waals surface area contributed by atoms with Crippen LogP contribution in [0.2, 0.25) is 0 Å². The molecule has 0 aromatic rings. The number of hydrogen-bond acceptors (Lipinski definition) is 3. The first-order valence-electron chi connectivity index (χ1n) is 4.57. The van der Waals surface area contributed by atoms with Crippen LogP contribution in [-0.2, 0) is 0 Å². The van der Waals surface area contributed by atoms with Crippen LogP contribution < -0.4 is 0 Å². The summed E-state index contributed by atoms with van der Waals surface area (Å²) in [6, 6.07) is 2.54. The zero-order chi connectivity index (χ0) is 8.97. The molecule has 68 valence electrons. The van der Waals surface area contributed by atoms with E-state index in [4.69, 9.17) is 5.26 Å². The highest BCUT2D eigenvalue weighted by Crippen LogP contribution is 2.16. The van der Waals surface area contributed by atoms with Crippen LogP contribution in [0.15, 0.2) is 0 Å². The second-order valence-corrected chi connectivity index (χ2v) is 3.36. The molecule has 0 aromatic heterocycles. The molecular formula is C9H16N2O. The molecule has 1 N–H and O–H groups in total. The number of likely N-dealkylation sites (tertiary alicyclic amines) is 1. The zero-order valence-corrected chi connectivity index (χ0v) is 7.53. The van der Waals surface area contributed by atoms with E-state index in [1.807, 2.05) is 0 Å².